The topological polar surface area (TPSA) is 77.3 Å². The number of hydrogen-bond donors (Lipinski definition) is 0. The molecule has 0 unspecified atom stereocenters. The first-order chi connectivity index (χ1) is 6.70. The zero-order valence-electron chi connectivity index (χ0n) is 8.36. The molecule has 0 aromatic carbocycles. The molecule has 0 saturated heterocycles. The van der Waals surface area contributed by atoms with Crippen LogP contribution in [0, 0.1) is 0 Å². The maximum absolute atomic E-state index is 10.7. The summed E-state index contributed by atoms with van der Waals surface area (Å²) in [6.07, 6.45) is -0.0744. The lowest BCUT2D eigenvalue weighted by molar-refractivity contribution is 0.147. The minimum atomic E-state index is -0.889. The van der Waals surface area contributed by atoms with Crippen LogP contribution in [0.25, 0.3) is 0 Å². The van der Waals surface area contributed by atoms with Crippen molar-refractivity contribution in [3.63, 3.8) is 0 Å². The second kappa shape index (κ2) is 8.15. The van der Waals surface area contributed by atoms with Crippen molar-refractivity contribution in [2.24, 2.45) is 10.2 Å². The van der Waals surface area contributed by atoms with Crippen LogP contribution in [0.5, 0.6) is 0 Å². The summed E-state index contributed by atoms with van der Waals surface area (Å²) in [5, 5.41) is 5.99. The molecule has 2 amide bonds. The molecule has 0 spiro atoms. The Hall–Kier alpha value is -1.46. The molecular weight excluding hydrogens is 188 g/mol. The van der Waals surface area contributed by atoms with Gasteiger partial charge in [0, 0.05) is 0 Å². The van der Waals surface area contributed by atoms with Gasteiger partial charge in [-0.1, -0.05) is 23.6 Å². The molecule has 0 aromatic rings. The van der Waals surface area contributed by atoms with Gasteiger partial charge in [-0.25, -0.2) is 9.59 Å². The third-order valence-electron chi connectivity index (χ3n) is 1.20. The number of unbranched alkanes of at least 4 members (excludes halogenated alkanes) is 1. The Labute approximate surface area is 82.3 Å². The summed E-state index contributed by atoms with van der Waals surface area (Å²) in [6.45, 7) is 4.08. The van der Waals surface area contributed by atoms with Crippen molar-refractivity contribution >= 4 is 12.2 Å². The quantitative estimate of drug-likeness (QED) is 0.518. The largest absolute Gasteiger partial charge is 0.452 e. The van der Waals surface area contributed by atoms with Gasteiger partial charge in [-0.2, -0.15) is 0 Å². The van der Waals surface area contributed by atoms with Gasteiger partial charge in [-0.05, 0) is 13.3 Å². The van der Waals surface area contributed by atoms with E-state index in [4.69, 9.17) is 0 Å². The van der Waals surface area contributed by atoms with E-state index in [1.54, 1.807) is 6.92 Å². The SMILES string of the molecule is CCCCOC(=O)N=NC(=O)OCC. The Morgan fingerprint density at radius 1 is 1.07 bits per heavy atom. The predicted molar refractivity (Wildman–Crippen MR) is 48.1 cm³/mol. The average molecular weight is 202 g/mol. The van der Waals surface area contributed by atoms with Crippen molar-refractivity contribution < 1.29 is 19.1 Å². The summed E-state index contributed by atoms with van der Waals surface area (Å²) in [4.78, 5) is 21.3. The number of azo groups is 1. The molecule has 0 bridgehead atoms. The first-order valence-corrected chi connectivity index (χ1v) is 4.46. The monoisotopic (exact) mass is 202 g/mol. The van der Waals surface area contributed by atoms with Gasteiger partial charge in [-0.3, -0.25) is 0 Å². The van der Waals surface area contributed by atoms with Gasteiger partial charge in [0.2, 0.25) is 0 Å². The lowest BCUT2D eigenvalue weighted by Gasteiger charge is -1.97. The third kappa shape index (κ3) is 7.20. The molecule has 0 radical (unpaired) electrons. The van der Waals surface area contributed by atoms with Crippen LogP contribution in [0.3, 0.4) is 0 Å². The Kier molecular flexibility index (Phi) is 7.30. The fraction of sp³-hybridized carbons (Fsp3) is 0.750. The van der Waals surface area contributed by atoms with Crippen molar-refractivity contribution in [2.75, 3.05) is 13.2 Å². The maximum atomic E-state index is 10.7. The molecule has 0 aliphatic rings. The van der Waals surface area contributed by atoms with Gasteiger partial charge in [0.25, 0.3) is 0 Å². The number of nitrogens with zero attached hydrogens (tertiary/aromatic N) is 2. The zero-order valence-corrected chi connectivity index (χ0v) is 8.36. The minimum absolute atomic E-state index is 0.197. The average Bonchev–Trinajstić information content (AvgIpc) is 2.16. The first-order valence-electron chi connectivity index (χ1n) is 4.46. The second-order valence-electron chi connectivity index (χ2n) is 2.37. The third-order valence-corrected chi connectivity index (χ3v) is 1.20. The highest BCUT2D eigenvalue weighted by Crippen LogP contribution is 1.93. The molecule has 80 valence electrons. The van der Waals surface area contributed by atoms with Crippen molar-refractivity contribution in [1.29, 1.82) is 0 Å². The van der Waals surface area contributed by atoms with E-state index >= 15 is 0 Å². The Balaban J connectivity index is 3.64. The Bertz CT molecular complexity index is 215. The molecule has 6 nitrogen and oxygen atoms in total. The number of carbonyl (C=O) groups excluding carboxylic acids is 2. The number of ether oxygens (including phenoxy) is 2. The van der Waals surface area contributed by atoms with Crippen LogP contribution in [0.2, 0.25) is 0 Å². The van der Waals surface area contributed by atoms with Crippen molar-refractivity contribution in [2.45, 2.75) is 26.7 Å². The van der Waals surface area contributed by atoms with Crippen LogP contribution < -0.4 is 0 Å². The van der Waals surface area contributed by atoms with Gasteiger partial charge in [0.15, 0.2) is 0 Å². The highest BCUT2D eigenvalue weighted by Gasteiger charge is 2.01. The van der Waals surface area contributed by atoms with Gasteiger partial charge in [-0.15, -0.1) is 0 Å². The lowest BCUT2D eigenvalue weighted by Crippen LogP contribution is -2.02. The second-order valence-corrected chi connectivity index (χ2v) is 2.37. The van der Waals surface area contributed by atoms with E-state index in [0.29, 0.717) is 0 Å². The van der Waals surface area contributed by atoms with E-state index in [9.17, 15) is 9.59 Å². The highest BCUT2D eigenvalue weighted by molar-refractivity contribution is 5.73. The van der Waals surface area contributed by atoms with E-state index in [2.05, 4.69) is 19.7 Å². The molecule has 14 heavy (non-hydrogen) atoms. The minimum Gasteiger partial charge on any atom is -0.447 e. The summed E-state index contributed by atoms with van der Waals surface area (Å²) in [6, 6.07) is 0. The summed E-state index contributed by atoms with van der Waals surface area (Å²) >= 11 is 0. The van der Waals surface area contributed by atoms with Crippen LogP contribution in [-0.2, 0) is 9.47 Å². The van der Waals surface area contributed by atoms with Crippen LogP contribution in [0.1, 0.15) is 26.7 Å². The van der Waals surface area contributed by atoms with E-state index < -0.39 is 12.2 Å². The molecule has 6 heteroatoms. The number of amides is 2. The van der Waals surface area contributed by atoms with E-state index in [0.717, 1.165) is 12.8 Å². The normalized spacial score (nSPS) is 10.1. The summed E-state index contributed by atoms with van der Waals surface area (Å²) < 4.78 is 9.01. The number of carbonyl (C=O) groups is 2. The van der Waals surface area contributed by atoms with Gasteiger partial charge >= 0.3 is 12.2 Å². The molecule has 0 aromatic heterocycles. The summed E-state index contributed by atoms with van der Waals surface area (Å²) in [5.41, 5.74) is 0. The van der Waals surface area contributed by atoms with Crippen LogP contribution >= 0.6 is 0 Å². The molecule has 0 rings (SSSR count). The Morgan fingerprint density at radius 3 is 2.14 bits per heavy atom. The first kappa shape index (κ1) is 12.5. The zero-order chi connectivity index (χ0) is 10.8. The summed E-state index contributed by atoms with van der Waals surface area (Å²) in [7, 11) is 0. The molecule has 0 heterocycles. The van der Waals surface area contributed by atoms with Gasteiger partial charge < -0.3 is 9.47 Å². The lowest BCUT2D eigenvalue weighted by atomic mass is 10.4. The van der Waals surface area contributed by atoms with E-state index in [-0.39, 0.29) is 13.2 Å². The van der Waals surface area contributed by atoms with Crippen molar-refractivity contribution in [1.82, 2.24) is 0 Å². The molecule has 0 saturated carbocycles. The molecule has 0 N–H and O–H groups in total. The van der Waals surface area contributed by atoms with Gasteiger partial charge in [0.05, 0.1) is 13.2 Å². The smallest absolute Gasteiger partial charge is 0.447 e. The van der Waals surface area contributed by atoms with Gasteiger partial charge in [0.1, 0.15) is 0 Å². The van der Waals surface area contributed by atoms with Crippen molar-refractivity contribution in [3.05, 3.63) is 0 Å². The molecule has 0 aliphatic heterocycles. The number of hydrogen-bond acceptors (Lipinski definition) is 4. The molecular formula is C8H14N2O4. The van der Waals surface area contributed by atoms with E-state index in [1.165, 1.54) is 0 Å². The Morgan fingerprint density at radius 2 is 1.64 bits per heavy atom. The number of rotatable bonds is 4. The van der Waals surface area contributed by atoms with Crippen LogP contribution in [0.4, 0.5) is 9.59 Å². The van der Waals surface area contributed by atoms with E-state index in [1.807, 2.05) is 6.92 Å². The predicted octanol–water partition coefficient (Wildman–Crippen LogP) is 2.53. The standard InChI is InChI=1S/C8H14N2O4/c1-3-5-6-14-8(12)10-9-7(11)13-4-2/h3-6H2,1-2H3. The fourth-order valence-corrected chi connectivity index (χ4v) is 0.567. The highest BCUT2D eigenvalue weighted by atomic mass is 16.6. The fourth-order valence-electron chi connectivity index (χ4n) is 0.567. The van der Waals surface area contributed by atoms with Crippen molar-refractivity contribution in [3.8, 4) is 0 Å². The molecule has 0 atom stereocenters. The van der Waals surface area contributed by atoms with Crippen LogP contribution in [-0.4, -0.2) is 25.4 Å². The maximum Gasteiger partial charge on any atom is 0.452 e. The molecule has 0 aliphatic carbocycles. The summed E-state index contributed by atoms with van der Waals surface area (Å²) in [5.74, 6) is 0. The molecule has 0 fully saturated rings. The van der Waals surface area contributed by atoms with Crippen LogP contribution in [0.15, 0.2) is 10.2 Å².